The Morgan fingerprint density at radius 2 is 1.91 bits per heavy atom. The van der Waals surface area contributed by atoms with Crippen LogP contribution in [0.5, 0.6) is 0 Å². The van der Waals surface area contributed by atoms with Crippen LogP contribution in [0.4, 0.5) is 0 Å². The minimum Gasteiger partial charge on any atom is -0.459 e. The van der Waals surface area contributed by atoms with Crippen LogP contribution >= 0.6 is 0 Å². The molecule has 1 aromatic carbocycles. The summed E-state index contributed by atoms with van der Waals surface area (Å²) >= 11 is 0. The maximum atomic E-state index is 12.4. The number of nitrogens with two attached hydrogens (primary N) is 1. The standard InChI is InChI=1S/C18H26N2O3/c1-18(2,3)23-16(21)12-20-11-14(9-10-15(19)17(20)22)13-7-5-4-6-8-13/h4-8,14-15H,9-12,19H2,1-3H3/t14-,15-/m0/s1. The first-order valence-corrected chi connectivity index (χ1v) is 8.07. The van der Waals surface area contributed by atoms with Crippen LogP contribution in [-0.4, -0.2) is 41.5 Å². The zero-order valence-corrected chi connectivity index (χ0v) is 14.1. The van der Waals surface area contributed by atoms with Crippen LogP contribution in [0.1, 0.15) is 45.1 Å². The number of esters is 1. The molecule has 23 heavy (non-hydrogen) atoms. The van der Waals surface area contributed by atoms with Gasteiger partial charge in [-0.3, -0.25) is 9.59 Å². The number of hydrogen-bond donors (Lipinski definition) is 1. The fourth-order valence-electron chi connectivity index (χ4n) is 2.86. The number of ether oxygens (including phenoxy) is 1. The molecule has 1 saturated heterocycles. The van der Waals surface area contributed by atoms with E-state index < -0.39 is 17.6 Å². The number of benzene rings is 1. The predicted molar refractivity (Wildman–Crippen MR) is 88.8 cm³/mol. The molecule has 0 spiro atoms. The Morgan fingerprint density at radius 1 is 1.26 bits per heavy atom. The molecular formula is C18H26N2O3. The van der Waals surface area contributed by atoms with Gasteiger partial charge in [0, 0.05) is 12.5 Å². The second-order valence-corrected chi connectivity index (χ2v) is 7.10. The maximum absolute atomic E-state index is 12.4. The Kier molecular flexibility index (Phi) is 5.42. The molecule has 1 heterocycles. The van der Waals surface area contributed by atoms with E-state index in [4.69, 9.17) is 10.5 Å². The van der Waals surface area contributed by atoms with Gasteiger partial charge in [-0.1, -0.05) is 30.3 Å². The van der Waals surface area contributed by atoms with Crippen molar-refractivity contribution in [3.8, 4) is 0 Å². The second kappa shape index (κ2) is 7.13. The zero-order valence-electron chi connectivity index (χ0n) is 14.1. The first-order valence-electron chi connectivity index (χ1n) is 8.07. The lowest BCUT2D eigenvalue weighted by molar-refractivity contribution is -0.159. The molecule has 5 nitrogen and oxygen atoms in total. The van der Waals surface area contributed by atoms with Crippen molar-refractivity contribution < 1.29 is 14.3 Å². The monoisotopic (exact) mass is 318 g/mol. The van der Waals surface area contributed by atoms with Crippen LogP contribution in [-0.2, 0) is 14.3 Å². The molecule has 0 bridgehead atoms. The van der Waals surface area contributed by atoms with E-state index in [9.17, 15) is 9.59 Å². The van der Waals surface area contributed by atoms with Crippen LogP contribution in [0.15, 0.2) is 30.3 Å². The molecule has 0 aromatic heterocycles. The van der Waals surface area contributed by atoms with Gasteiger partial charge in [0.05, 0.1) is 6.04 Å². The van der Waals surface area contributed by atoms with Crippen LogP contribution in [0.2, 0.25) is 0 Å². The Hall–Kier alpha value is -1.88. The fraction of sp³-hybridized carbons (Fsp3) is 0.556. The number of amides is 1. The molecule has 2 N–H and O–H groups in total. The van der Waals surface area contributed by atoms with E-state index in [1.807, 2.05) is 39.0 Å². The van der Waals surface area contributed by atoms with E-state index in [1.54, 1.807) is 4.90 Å². The Balaban J connectivity index is 2.11. The van der Waals surface area contributed by atoms with Gasteiger partial charge in [-0.2, -0.15) is 0 Å². The number of rotatable bonds is 3. The molecule has 1 amide bonds. The highest BCUT2D eigenvalue weighted by Crippen LogP contribution is 2.26. The summed E-state index contributed by atoms with van der Waals surface area (Å²) in [5.74, 6) is -0.378. The first kappa shape index (κ1) is 17.5. The molecule has 1 aromatic rings. The average Bonchev–Trinajstić information content (AvgIpc) is 2.60. The van der Waals surface area contributed by atoms with Gasteiger partial charge in [-0.15, -0.1) is 0 Å². The summed E-state index contributed by atoms with van der Waals surface area (Å²) in [5, 5.41) is 0. The van der Waals surface area contributed by atoms with E-state index in [2.05, 4.69) is 12.1 Å². The van der Waals surface area contributed by atoms with Gasteiger partial charge in [0.2, 0.25) is 5.91 Å². The third kappa shape index (κ3) is 5.06. The SMILES string of the molecule is CC(C)(C)OC(=O)CN1C[C@@H](c2ccccc2)CC[C@H](N)C1=O. The maximum Gasteiger partial charge on any atom is 0.326 e. The van der Waals surface area contributed by atoms with Crippen LogP contribution in [0.3, 0.4) is 0 Å². The Bertz CT molecular complexity index is 551. The van der Waals surface area contributed by atoms with E-state index in [-0.39, 0.29) is 18.4 Å². The van der Waals surface area contributed by atoms with E-state index in [0.29, 0.717) is 13.0 Å². The van der Waals surface area contributed by atoms with Crippen LogP contribution < -0.4 is 5.73 Å². The van der Waals surface area contributed by atoms with Crippen molar-refractivity contribution in [3.63, 3.8) is 0 Å². The molecule has 0 radical (unpaired) electrons. The molecule has 5 heteroatoms. The normalized spacial score (nSPS) is 22.6. The molecular weight excluding hydrogens is 292 g/mol. The molecule has 2 rings (SSSR count). The van der Waals surface area contributed by atoms with Crippen molar-refractivity contribution >= 4 is 11.9 Å². The predicted octanol–water partition coefficient (Wildman–Crippen LogP) is 2.06. The highest BCUT2D eigenvalue weighted by atomic mass is 16.6. The number of carbonyl (C=O) groups excluding carboxylic acids is 2. The number of likely N-dealkylation sites (tertiary alicyclic amines) is 1. The van der Waals surface area contributed by atoms with Crippen molar-refractivity contribution in [3.05, 3.63) is 35.9 Å². The Morgan fingerprint density at radius 3 is 2.52 bits per heavy atom. The van der Waals surface area contributed by atoms with E-state index in [0.717, 1.165) is 6.42 Å². The van der Waals surface area contributed by atoms with Crippen molar-refractivity contribution in [1.82, 2.24) is 4.90 Å². The summed E-state index contributed by atoms with van der Waals surface area (Å²) < 4.78 is 5.33. The van der Waals surface area contributed by atoms with Gasteiger partial charge in [-0.05, 0) is 39.2 Å². The first-order chi connectivity index (χ1) is 10.8. The lowest BCUT2D eigenvalue weighted by Crippen LogP contribution is -2.46. The average molecular weight is 318 g/mol. The van der Waals surface area contributed by atoms with Gasteiger partial charge in [0.15, 0.2) is 0 Å². The number of nitrogens with zero attached hydrogens (tertiary/aromatic N) is 1. The highest BCUT2D eigenvalue weighted by Gasteiger charge is 2.31. The van der Waals surface area contributed by atoms with Gasteiger partial charge in [0.25, 0.3) is 0 Å². The van der Waals surface area contributed by atoms with Crippen LogP contribution in [0, 0.1) is 0 Å². The summed E-state index contributed by atoms with van der Waals surface area (Å²) in [6, 6.07) is 9.50. The summed E-state index contributed by atoms with van der Waals surface area (Å²) in [7, 11) is 0. The summed E-state index contributed by atoms with van der Waals surface area (Å²) in [6.45, 7) is 5.89. The quantitative estimate of drug-likeness (QED) is 0.866. The largest absolute Gasteiger partial charge is 0.459 e. The zero-order chi connectivity index (χ0) is 17.0. The topological polar surface area (TPSA) is 72.6 Å². The number of carbonyl (C=O) groups is 2. The minimum absolute atomic E-state index is 0.0485. The van der Waals surface area contributed by atoms with Crippen molar-refractivity contribution in [2.45, 2.75) is 51.2 Å². The number of hydrogen-bond acceptors (Lipinski definition) is 4. The molecule has 126 valence electrons. The van der Waals surface area contributed by atoms with Crippen LogP contribution in [0.25, 0.3) is 0 Å². The smallest absolute Gasteiger partial charge is 0.326 e. The van der Waals surface area contributed by atoms with Gasteiger partial charge in [0.1, 0.15) is 12.1 Å². The lowest BCUT2D eigenvalue weighted by Gasteiger charge is -2.27. The highest BCUT2D eigenvalue weighted by molar-refractivity contribution is 5.86. The van der Waals surface area contributed by atoms with E-state index in [1.165, 1.54) is 5.56 Å². The van der Waals surface area contributed by atoms with Crippen molar-refractivity contribution in [1.29, 1.82) is 0 Å². The summed E-state index contributed by atoms with van der Waals surface area (Å²) in [4.78, 5) is 26.0. The lowest BCUT2D eigenvalue weighted by atomic mass is 9.94. The minimum atomic E-state index is -0.563. The summed E-state index contributed by atoms with van der Waals surface area (Å²) in [6.07, 6.45) is 1.46. The molecule has 1 aliphatic rings. The molecule has 0 saturated carbocycles. The fourth-order valence-corrected chi connectivity index (χ4v) is 2.86. The Labute approximate surface area is 137 Å². The molecule has 0 aliphatic carbocycles. The van der Waals surface area contributed by atoms with Gasteiger partial charge in [-0.25, -0.2) is 0 Å². The second-order valence-electron chi connectivity index (χ2n) is 7.10. The van der Waals surface area contributed by atoms with Crippen molar-refractivity contribution in [2.75, 3.05) is 13.1 Å². The summed E-state index contributed by atoms with van der Waals surface area (Å²) in [5.41, 5.74) is 6.58. The molecule has 1 fully saturated rings. The third-order valence-corrected chi connectivity index (χ3v) is 3.91. The van der Waals surface area contributed by atoms with Gasteiger partial charge < -0.3 is 15.4 Å². The molecule has 2 atom stereocenters. The molecule has 1 aliphatic heterocycles. The van der Waals surface area contributed by atoms with Crippen molar-refractivity contribution in [2.24, 2.45) is 5.73 Å². The molecule has 0 unspecified atom stereocenters. The van der Waals surface area contributed by atoms with E-state index >= 15 is 0 Å². The third-order valence-electron chi connectivity index (χ3n) is 3.91. The van der Waals surface area contributed by atoms with Gasteiger partial charge >= 0.3 is 5.97 Å².